The van der Waals surface area contributed by atoms with Gasteiger partial charge in [-0.05, 0) is 17.7 Å². The summed E-state index contributed by atoms with van der Waals surface area (Å²) in [5.74, 6) is 7.88. The predicted molar refractivity (Wildman–Crippen MR) is 108 cm³/mol. The van der Waals surface area contributed by atoms with Gasteiger partial charge in [0.1, 0.15) is 11.5 Å². The molecule has 0 radical (unpaired) electrons. The Labute approximate surface area is 167 Å². The van der Waals surface area contributed by atoms with E-state index < -0.39 is 0 Å². The Kier molecular flexibility index (Phi) is 6.38. The van der Waals surface area contributed by atoms with Crippen LogP contribution in [0.3, 0.4) is 0 Å². The number of aromatic nitrogens is 3. The number of carbonyl (C=O) groups is 1. The number of thioether (sulfide) groups is 1. The van der Waals surface area contributed by atoms with Crippen molar-refractivity contribution in [3.63, 3.8) is 0 Å². The molecule has 3 aromatic rings. The molecule has 1 heterocycles. The van der Waals surface area contributed by atoms with Gasteiger partial charge < -0.3 is 20.6 Å². The molecule has 2 aromatic carbocycles. The molecule has 0 unspecified atom stereocenters. The molecule has 0 bridgehead atoms. The smallest absolute Gasteiger partial charge is 0.230 e. The van der Waals surface area contributed by atoms with Crippen LogP contribution in [-0.2, 0) is 11.3 Å². The quantitative estimate of drug-likeness (QED) is 0.441. The summed E-state index contributed by atoms with van der Waals surface area (Å²) in [6.07, 6.45) is 0. The van der Waals surface area contributed by atoms with E-state index in [2.05, 4.69) is 15.5 Å². The monoisotopic (exact) mass is 399 g/mol. The van der Waals surface area contributed by atoms with Crippen molar-refractivity contribution in [3.05, 3.63) is 54.1 Å². The van der Waals surface area contributed by atoms with Crippen molar-refractivity contribution in [2.24, 2.45) is 0 Å². The highest BCUT2D eigenvalue weighted by molar-refractivity contribution is 7.99. The van der Waals surface area contributed by atoms with Gasteiger partial charge in [-0.15, -0.1) is 10.2 Å². The average Bonchev–Trinajstić information content (AvgIpc) is 3.11. The molecule has 0 fully saturated rings. The number of hydrogen-bond donors (Lipinski definition) is 2. The summed E-state index contributed by atoms with van der Waals surface area (Å²) >= 11 is 1.22. The van der Waals surface area contributed by atoms with Gasteiger partial charge >= 0.3 is 0 Å². The summed E-state index contributed by atoms with van der Waals surface area (Å²) in [4.78, 5) is 12.1. The normalized spacial score (nSPS) is 10.5. The van der Waals surface area contributed by atoms with Crippen LogP contribution in [0.4, 0.5) is 0 Å². The van der Waals surface area contributed by atoms with Crippen molar-refractivity contribution in [3.8, 4) is 22.9 Å². The predicted octanol–water partition coefficient (Wildman–Crippen LogP) is 2.08. The van der Waals surface area contributed by atoms with E-state index in [4.69, 9.17) is 15.3 Å². The van der Waals surface area contributed by atoms with Gasteiger partial charge in [0.15, 0.2) is 5.82 Å². The summed E-state index contributed by atoms with van der Waals surface area (Å²) in [5.41, 5.74) is 1.74. The number of nitrogen functional groups attached to an aromatic ring is 1. The molecular weight excluding hydrogens is 378 g/mol. The maximum Gasteiger partial charge on any atom is 0.230 e. The summed E-state index contributed by atoms with van der Waals surface area (Å²) in [7, 11) is 3.14. The second kappa shape index (κ2) is 9.14. The van der Waals surface area contributed by atoms with E-state index in [-0.39, 0.29) is 11.7 Å². The number of nitrogens with zero attached hydrogens (tertiary/aromatic N) is 3. The molecule has 0 atom stereocenters. The SMILES string of the molecule is COc1cc(OC)cc(-c2nnc(SCC(=O)NCc3ccccc3)n2N)c1. The van der Waals surface area contributed by atoms with Gasteiger partial charge in [-0.2, -0.15) is 0 Å². The van der Waals surface area contributed by atoms with Gasteiger partial charge in [-0.3, -0.25) is 4.79 Å². The molecule has 1 amide bonds. The molecule has 8 nitrogen and oxygen atoms in total. The Bertz CT molecular complexity index is 924. The van der Waals surface area contributed by atoms with E-state index in [1.54, 1.807) is 32.4 Å². The van der Waals surface area contributed by atoms with Gasteiger partial charge in [0.2, 0.25) is 11.1 Å². The molecule has 0 aliphatic carbocycles. The van der Waals surface area contributed by atoms with Gasteiger partial charge in [0.25, 0.3) is 0 Å². The molecule has 9 heteroatoms. The van der Waals surface area contributed by atoms with Crippen LogP contribution in [-0.4, -0.2) is 40.8 Å². The largest absolute Gasteiger partial charge is 0.497 e. The van der Waals surface area contributed by atoms with Crippen molar-refractivity contribution in [1.82, 2.24) is 20.2 Å². The topological polar surface area (TPSA) is 104 Å². The van der Waals surface area contributed by atoms with Crippen LogP contribution in [0.5, 0.6) is 11.5 Å². The molecule has 0 aliphatic rings. The second-order valence-corrected chi connectivity index (χ2v) is 6.77. The highest BCUT2D eigenvalue weighted by atomic mass is 32.2. The van der Waals surface area contributed by atoms with Crippen LogP contribution < -0.4 is 20.6 Å². The molecule has 0 aliphatic heterocycles. The van der Waals surface area contributed by atoms with E-state index in [1.807, 2.05) is 30.3 Å². The fourth-order valence-corrected chi connectivity index (χ4v) is 3.17. The molecule has 0 saturated heterocycles. The number of methoxy groups -OCH3 is 2. The minimum Gasteiger partial charge on any atom is -0.497 e. The van der Waals surface area contributed by atoms with Gasteiger partial charge in [-0.25, -0.2) is 4.68 Å². The first-order valence-corrected chi connectivity index (χ1v) is 9.46. The minimum absolute atomic E-state index is 0.110. The first kappa shape index (κ1) is 19.6. The summed E-state index contributed by atoms with van der Waals surface area (Å²) < 4.78 is 11.9. The Morgan fingerprint density at radius 2 is 1.79 bits per heavy atom. The minimum atomic E-state index is -0.110. The Morgan fingerprint density at radius 3 is 2.43 bits per heavy atom. The summed E-state index contributed by atoms with van der Waals surface area (Å²) in [6, 6.07) is 15.0. The summed E-state index contributed by atoms with van der Waals surface area (Å²) in [5, 5.41) is 11.5. The lowest BCUT2D eigenvalue weighted by Gasteiger charge is -2.08. The molecule has 0 saturated carbocycles. The van der Waals surface area contributed by atoms with Gasteiger partial charge in [0.05, 0.1) is 20.0 Å². The molecule has 3 N–H and O–H groups in total. The van der Waals surface area contributed by atoms with Crippen molar-refractivity contribution >= 4 is 17.7 Å². The number of carbonyl (C=O) groups excluding carboxylic acids is 1. The van der Waals surface area contributed by atoms with Crippen molar-refractivity contribution in [2.75, 3.05) is 25.8 Å². The molecule has 0 spiro atoms. The third kappa shape index (κ3) is 4.74. The number of ether oxygens (including phenoxy) is 2. The maximum absolute atomic E-state index is 12.1. The maximum atomic E-state index is 12.1. The lowest BCUT2D eigenvalue weighted by molar-refractivity contribution is -0.118. The van der Waals surface area contributed by atoms with E-state index in [0.717, 1.165) is 5.56 Å². The molecule has 146 valence electrons. The van der Waals surface area contributed by atoms with Crippen LogP contribution in [0.1, 0.15) is 5.56 Å². The zero-order valence-corrected chi connectivity index (χ0v) is 16.4. The number of amides is 1. The fourth-order valence-electron chi connectivity index (χ4n) is 2.49. The van der Waals surface area contributed by atoms with Gasteiger partial charge in [-0.1, -0.05) is 42.1 Å². The third-order valence-corrected chi connectivity index (χ3v) is 4.88. The fraction of sp³-hybridized carbons (Fsp3) is 0.211. The molecule has 3 rings (SSSR count). The van der Waals surface area contributed by atoms with Crippen LogP contribution in [0.15, 0.2) is 53.7 Å². The first-order valence-electron chi connectivity index (χ1n) is 8.48. The first-order chi connectivity index (χ1) is 13.6. The zero-order chi connectivity index (χ0) is 19.9. The number of hydrogen-bond acceptors (Lipinski definition) is 7. The standard InChI is InChI=1S/C19H21N5O3S/c1-26-15-8-14(9-16(10-15)27-2)18-22-23-19(24(18)20)28-12-17(25)21-11-13-6-4-3-5-7-13/h3-10H,11-12,20H2,1-2H3,(H,21,25). The van der Waals surface area contributed by atoms with E-state index in [9.17, 15) is 4.79 Å². The average molecular weight is 399 g/mol. The van der Waals surface area contributed by atoms with Gasteiger partial charge in [0, 0.05) is 18.2 Å². The van der Waals surface area contributed by atoms with Crippen LogP contribution in [0, 0.1) is 0 Å². The van der Waals surface area contributed by atoms with Crippen molar-refractivity contribution in [2.45, 2.75) is 11.7 Å². The number of rotatable bonds is 8. The highest BCUT2D eigenvalue weighted by Gasteiger charge is 2.15. The Balaban J connectivity index is 1.64. The van der Waals surface area contributed by atoms with Crippen LogP contribution in [0.25, 0.3) is 11.4 Å². The second-order valence-electron chi connectivity index (χ2n) is 5.83. The Morgan fingerprint density at radius 1 is 1.11 bits per heavy atom. The zero-order valence-electron chi connectivity index (χ0n) is 15.6. The number of benzene rings is 2. The van der Waals surface area contributed by atoms with E-state index in [1.165, 1.54) is 16.4 Å². The van der Waals surface area contributed by atoms with Crippen molar-refractivity contribution < 1.29 is 14.3 Å². The Hall–Kier alpha value is -3.20. The lowest BCUT2D eigenvalue weighted by Crippen LogP contribution is -2.25. The van der Waals surface area contributed by atoms with Crippen LogP contribution >= 0.6 is 11.8 Å². The van der Waals surface area contributed by atoms with E-state index >= 15 is 0 Å². The number of nitrogens with two attached hydrogens (primary N) is 1. The number of nitrogens with one attached hydrogen (secondary N) is 1. The molecule has 28 heavy (non-hydrogen) atoms. The highest BCUT2D eigenvalue weighted by Crippen LogP contribution is 2.29. The lowest BCUT2D eigenvalue weighted by atomic mass is 10.2. The van der Waals surface area contributed by atoms with Crippen molar-refractivity contribution in [1.29, 1.82) is 0 Å². The summed E-state index contributed by atoms with van der Waals surface area (Å²) in [6.45, 7) is 0.477. The molecule has 1 aromatic heterocycles. The molecular formula is C19H21N5O3S. The third-order valence-electron chi connectivity index (χ3n) is 3.94. The van der Waals surface area contributed by atoms with E-state index in [0.29, 0.717) is 34.6 Å². The van der Waals surface area contributed by atoms with Crippen LogP contribution in [0.2, 0.25) is 0 Å².